The lowest BCUT2D eigenvalue weighted by Crippen LogP contribution is -2.44. The highest BCUT2D eigenvalue weighted by atomic mass is 16.4. The smallest absolute Gasteiger partial charge is 0.320 e. The van der Waals surface area contributed by atoms with E-state index in [1.807, 2.05) is 17.0 Å². The zero-order valence-corrected chi connectivity index (χ0v) is 14.4. The predicted molar refractivity (Wildman–Crippen MR) is 91.7 cm³/mol. The minimum absolute atomic E-state index is 0.0333. The van der Waals surface area contributed by atoms with Crippen LogP contribution in [0.4, 0.5) is 0 Å². The Balaban J connectivity index is 1.43. The van der Waals surface area contributed by atoms with E-state index in [2.05, 4.69) is 9.88 Å². The lowest BCUT2D eigenvalue weighted by molar-refractivity contribution is -0.142. The molecular formula is C19H25N3O3. The van der Waals surface area contributed by atoms with Crippen LogP contribution in [0.15, 0.2) is 24.5 Å². The number of carbonyl (C=O) groups excluding carboxylic acids is 1. The number of rotatable bonds is 4. The Morgan fingerprint density at radius 3 is 2.64 bits per heavy atom. The van der Waals surface area contributed by atoms with Gasteiger partial charge in [-0.2, -0.15) is 0 Å². The Labute approximate surface area is 147 Å². The van der Waals surface area contributed by atoms with E-state index in [9.17, 15) is 14.7 Å². The molecule has 0 bridgehead atoms. The molecule has 1 amide bonds. The number of carboxylic acids is 1. The molecule has 1 aromatic rings. The van der Waals surface area contributed by atoms with Crippen molar-refractivity contribution >= 4 is 11.9 Å². The van der Waals surface area contributed by atoms with Crippen LogP contribution < -0.4 is 0 Å². The summed E-state index contributed by atoms with van der Waals surface area (Å²) in [5, 5.41) is 9.68. The van der Waals surface area contributed by atoms with Gasteiger partial charge in [0, 0.05) is 44.5 Å². The van der Waals surface area contributed by atoms with Crippen LogP contribution in [0.2, 0.25) is 0 Å². The summed E-state index contributed by atoms with van der Waals surface area (Å²) in [6.07, 6.45) is 8.14. The van der Waals surface area contributed by atoms with E-state index in [1.54, 1.807) is 12.4 Å². The summed E-state index contributed by atoms with van der Waals surface area (Å²) in [5.41, 5.74) is 1.08. The molecule has 1 atom stereocenters. The lowest BCUT2D eigenvalue weighted by atomic mass is 9.76. The maximum Gasteiger partial charge on any atom is 0.320 e. The third-order valence-electron chi connectivity index (χ3n) is 6.06. The summed E-state index contributed by atoms with van der Waals surface area (Å²) in [7, 11) is 0. The molecule has 1 aromatic heterocycles. The van der Waals surface area contributed by atoms with Crippen molar-refractivity contribution in [1.82, 2.24) is 14.8 Å². The van der Waals surface area contributed by atoms with Gasteiger partial charge in [-0.1, -0.05) is 6.07 Å². The molecule has 2 aliphatic heterocycles. The first-order valence-electron chi connectivity index (χ1n) is 9.21. The first-order chi connectivity index (χ1) is 12.1. The molecule has 1 N–H and O–H groups in total. The molecule has 25 heavy (non-hydrogen) atoms. The molecule has 3 fully saturated rings. The Kier molecular flexibility index (Phi) is 4.23. The molecule has 0 aromatic carbocycles. The van der Waals surface area contributed by atoms with Crippen molar-refractivity contribution in [2.45, 2.75) is 44.7 Å². The molecule has 134 valence electrons. The summed E-state index contributed by atoms with van der Waals surface area (Å²) in [4.78, 5) is 32.3. The summed E-state index contributed by atoms with van der Waals surface area (Å²) >= 11 is 0. The third-order valence-corrected chi connectivity index (χ3v) is 6.06. The zero-order chi connectivity index (χ0) is 17.4. The molecule has 0 unspecified atom stereocenters. The maximum atomic E-state index is 12.3. The SMILES string of the molecule is O=C(O)[C@H]1CC2(CCN(C(=O)C3CC3)CC2)CN1Cc1cccnc1. The van der Waals surface area contributed by atoms with Gasteiger partial charge in [0.2, 0.25) is 5.91 Å². The molecule has 1 spiro atoms. The van der Waals surface area contributed by atoms with Crippen molar-refractivity contribution in [1.29, 1.82) is 0 Å². The number of carboxylic acid groups (broad SMARTS) is 1. The topological polar surface area (TPSA) is 73.7 Å². The second-order valence-electron chi connectivity index (χ2n) is 7.92. The lowest BCUT2D eigenvalue weighted by Gasteiger charge is -2.39. The third kappa shape index (κ3) is 3.40. The number of amides is 1. The van der Waals surface area contributed by atoms with Crippen LogP contribution in [0.1, 0.15) is 37.7 Å². The highest BCUT2D eigenvalue weighted by Gasteiger charge is 2.49. The average Bonchev–Trinajstić information content (AvgIpc) is 3.40. The standard InChI is InChI=1S/C19H25N3O3/c23-17(15-3-4-15)21-8-5-19(6-9-21)10-16(18(24)25)22(13-19)12-14-2-1-7-20-11-14/h1-2,7,11,15-16H,3-6,8-10,12-13H2,(H,24,25)/t16-/m1/s1. The number of aromatic nitrogens is 1. The maximum absolute atomic E-state index is 12.3. The largest absolute Gasteiger partial charge is 0.480 e. The van der Waals surface area contributed by atoms with E-state index in [-0.39, 0.29) is 11.3 Å². The molecule has 4 rings (SSSR count). The van der Waals surface area contributed by atoms with Gasteiger partial charge < -0.3 is 10.0 Å². The van der Waals surface area contributed by atoms with Crippen molar-refractivity contribution in [3.05, 3.63) is 30.1 Å². The normalized spacial score (nSPS) is 26.1. The van der Waals surface area contributed by atoms with Gasteiger partial charge in [0.1, 0.15) is 6.04 Å². The van der Waals surface area contributed by atoms with Gasteiger partial charge in [-0.05, 0) is 49.1 Å². The number of likely N-dealkylation sites (tertiary alicyclic amines) is 2. The van der Waals surface area contributed by atoms with Crippen molar-refractivity contribution in [3.8, 4) is 0 Å². The van der Waals surface area contributed by atoms with E-state index in [4.69, 9.17) is 0 Å². The molecule has 6 nitrogen and oxygen atoms in total. The predicted octanol–water partition coefficient (Wildman–Crippen LogP) is 1.76. The fourth-order valence-electron chi connectivity index (χ4n) is 4.43. The Bertz CT molecular complexity index is 651. The molecule has 1 saturated carbocycles. The van der Waals surface area contributed by atoms with Crippen LogP contribution in [0, 0.1) is 11.3 Å². The van der Waals surface area contributed by atoms with Crippen molar-refractivity contribution in [2.24, 2.45) is 11.3 Å². The van der Waals surface area contributed by atoms with Gasteiger partial charge in [-0.3, -0.25) is 19.5 Å². The average molecular weight is 343 g/mol. The van der Waals surface area contributed by atoms with Gasteiger partial charge >= 0.3 is 5.97 Å². The van der Waals surface area contributed by atoms with Gasteiger partial charge in [-0.25, -0.2) is 0 Å². The summed E-state index contributed by atoms with van der Waals surface area (Å²) < 4.78 is 0. The minimum Gasteiger partial charge on any atom is -0.480 e. The Morgan fingerprint density at radius 1 is 1.28 bits per heavy atom. The molecule has 6 heteroatoms. The highest BCUT2D eigenvalue weighted by Crippen LogP contribution is 2.44. The van der Waals surface area contributed by atoms with Crippen LogP contribution in [0.25, 0.3) is 0 Å². The highest BCUT2D eigenvalue weighted by molar-refractivity contribution is 5.81. The summed E-state index contributed by atoms with van der Waals surface area (Å²) in [6.45, 7) is 2.98. The first kappa shape index (κ1) is 16.5. The van der Waals surface area contributed by atoms with Crippen LogP contribution in [0.3, 0.4) is 0 Å². The van der Waals surface area contributed by atoms with Crippen molar-refractivity contribution in [3.63, 3.8) is 0 Å². The molecular weight excluding hydrogens is 318 g/mol. The minimum atomic E-state index is -0.739. The van der Waals surface area contributed by atoms with Gasteiger partial charge in [0.15, 0.2) is 0 Å². The first-order valence-corrected chi connectivity index (χ1v) is 9.21. The van der Waals surface area contributed by atoms with Gasteiger partial charge in [0.05, 0.1) is 0 Å². The zero-order valence-electron chi connectivity index (χ0n) is 14.4. The second-order valence-corrected chi connectivity index (χ2v) is 7.92. The molecule has 0 radical (unpaired) electrons. The monoisotopic (exact) mass is 343 g/mol. The fraction of sp³-hybridized carbons (Fsp3) is 0.632. The van der Waals surface area contributed by atoms with Gasteiger partial charge in [-0.15, -0.1) is 0 Å². The summed E-state index contributed by atoms with van der Waals surface area (Å²) in [6, 6.07) is 3.44. The van der Waals surface area contributed by atoms with E-state index < -0.39 is 12.0 Å². The van der Waals surface area contributed by atoms with E-state index in [0.717, 1.165) is 50.9 Å². The van der Waals surface area contributed by atoms with E-state index >= 15 is 0 Å². The van der Waals surface area contributed by atoms with Crippen LogP contribution >= 0.6 is 0 Å². The number of piperidine rings is 1. The van der Waals surface area contributed by atoms with E-state index in [0.29, 0.717) is 18.9 Å². The number of pyridine rings is 1. The van der Waals surface area contributed by atoms with Crippen molar-refractivity contribution in [2.75, 3.05) is 19.6 Å². The Morgan fingerprint density at radius 2 is 2.04 bits per heavy atom. The van der Waals surface area contributed by atoms with Crippen LogP contribution in [-0.2, 0) is 16.1 Å². The van der Waals surface area contributed by atoms with Gasteiger partial charge in [0.25, 0.3) is 0 Å². The molecule has 2 saturated heterocycles. The van der Waals surface area contributed by atoms with Crippen LogP contribution in [-0.4, -0.2) is 57.4 Å². The fourth-order valence-corrected chi connectivity index (χ4v) is 4.43. The number of hydrogen-bond donors (Lipinski definition) is 1. The molecule has 3 aliphatic rings. The second kappa shape index (κ2) is 6.41. The number of aliphatic carboxylic acids is 1. The summed E-state index contributed by atoms with van der Waals surface area (Å²) in [5.74, 6) is -0.154. The quantitative estimate of drug-likeness (QED) is 0.902. The van der Waals surface area contributed by atoms with E-state index in [1.165, 1.54) is 0 Å². The van der Waals surface area contributed by atoms with Crippen LogP contribution in [0.5, 0.6) is 0 Å². The molecule has 1 aliphatic carbocycles. The number of carbonyl (C=O) groups is 2. The molecule has 3 heterocycles. The van der Waals surface area contributed by atoms with Crippen molar-refractivity contribution < 1.29 is 14.7 Å². The Hall–Kier alpha value is -1.95. The number of hydrogen-bond acceptors (Lipinski definition) is 4. The number of nitrogens with zero attached hydrogens (tertiary/aromatic N) is 3.